The van der Waals surface area contributed by atoms with E-state index >= 15 is 0 Å². The molecule has 0 radical (unpaired) electrons. The molecule has 0 aromatic heterocycles. The van der Waals surface area contributed by atoms with E-state index in [1.807, 2.05) is 6.92 Å². The minimum atomic E-state index is -4.11. The summed E-state index contributed by atoms with van der Waals surface area (Å²) in [5.41, 5.74) is 1.81. The number of aryl methyl sites for hydroxylation is 1. The van der Waals surface area contributed by atoms with Crippen LogP contribution in [-0.2, 0) is 23.0 Å². The first-order valence-electron chi connectivity index (χ1n) is 9.74. The molecule has 2 amide bonds. The second-order valence-corrected chi connectivity index (χ2v) is 8.81. The van der Waals surface area contributed by atoms with E-state index in [2.05, 4.69) is 0 Å². The van der Waals surface area contributed by atoms with Gasteiger partial charge in [-0.2, -0.15) is 4.31 Å². The molecule has 0 saturated carbocycles. The molecule has 160 valence electrons. The standard InChI is InChI=1S/C23H21FN2O4S/c1-3-17-8-4-5-9-19(17)26-23(27)25(15-16-12-13-21(30-2)18(24)14-16)20-10-6-7-11-22(20)31(26,28)29/h4-14H,3,15H2,1-2H3. The highest BCUT2D eigenvalue weighted by molar-refractivity contribution is 7.94. The number of fused-ring (bicyclic) bond motifs is 1. The Labute approximate surface area is 180 Å². The summed E-state index contributed by atoms with van der Waals surface area (Å²) in [5, 5.41) is 0. The summed E-state index contributed by atoms with van der Waals surface area (Å²) in [4.78, 5) is 14.9. The number of para-hydroxylation sites is 2. The average Bonchev–Trinajstić information content (AvgIpc) is 2.77. The van der Waals surface area contributed by atoms with Crippen molar-refractivity contribution in [1.82, 2.24) is 0 Å². The molecule has 8 heteroatoms. The van der Waals surface area contributed by atoms with Crippen molar-refractivity contribution < 1.29 is 22.3 Å². The Morgan fingerprint density at radius 3 is 2.32 bits per heavy atom. The van der Waals surface area contributed by atoms with Gasteiger partial charge in [0.2, 0.25) is 0 Å². The summed E-state index contributed by atoms with van der Waals surface area (Å²) in [7, 11) is -2.74. The lowest BCUT2D eigenvalue weighted by atomic mass is 10.1. The Morgan fingerprint density at radius 1 is 0.968 bits per heavy atom. The van der Waals surface area contributed by atoms with Crippen molar-refractivity contribution in [2.75, 3.05) is 16.3 Å². The van der Waals surface area contributed by atoms with Crippen LogP contribution in [0.15, 0.2) is 71.6 Å². The molecule has 1 aliphatic rings. The van der Waals surface area contributed by atoms with Gasteiger partial charge in [0.05, 0.1) is 25.0 Å². The molecule has 3 aromatic carbocycles. The maximum absolute atomic E-state index is 14.2. The summed E-state index contributed by atoms with van der Waals surface area (Å²) < 4.78 is 46.9. The van der Waals surface area contributed by atoms with Crippen LogP contribution in [0.5, 0.6) is 5.75 Å². The molecular formula is C23H21FN2O4S. The maximum Gasteiger partial charge on any atom is 0.343 e. The highest BCUT2D eigenvalue weighted by Crippen LogP contribution is 2.39. The zero-order valence-corrected chi connectivity index (χ0v) is 17.9. The summed E-state index contributed by atoms with van der Waals surface area (Å²) in [6, 6.07) is 16.9. The molecule has 0 saturated heterocycles. The van der Waals surface area contributed by atoms with Crippen LogP contribution in [-0.4, -0.2) is 21.6 Å². The second-order valence-electron chi connectivity index (χ2n) is 7.06. The average molecular weight is 440 g/mol. The first-order valence-corrected chi connectivity index (χ1v) is 11.2. The lowest BCUT2D eigenvalue weighted by molar-refractivity contribution is 0.253. The minimum absolute atomic E-state index is 0.00290. The zero-order valence-electron chi connectivity index (χ0n) is 17.1. The normalized spacial score (nSPS) is 15.0. The summed E-state index contributed by atoms with van der Waals surface area (Å²) >= 11 is 0. The predicted molar refractivity (Wildman–Crippen MR) is 116 cm³/mol. The van der Waals surface area contributed by atoms with Gasteiger partial charge in [-0.05, 0) is 47.9 Å². The first kappa shape index (κ1) is 20.9. The van der Waals surface area contributed by atoms with Crippen LogP contribution in [0, 0.1) is 5.82 Å². The van der Waals surface area contributed by atoms with Gasteiger partial charge in [0.25, 0.3) is 10.0 Å². The van der Waals surface area contributed by atoms with E-state index in [0.29, 0.717) is 17.7 Å². The Bertz CT molecular complexity index is 1260. The number of hydrogen-bond donors (Lipinski definition) is 0. The van der Waals surface area contributed by atoms with E-state index in [4.69, 9.17) is 4.74 Å². The fourth-order valence-corrected chi connectivity index (χ4v) is 5.33. The van der Waals surface area contributed by atoms with Gasteiger partial charge in [-0.3, -0.25) is 4.90 Å². The highest BCUT2D eigenvalue weighted by Gasteiger charge is 2.43. The van der Waals surface area contributed by atoms with Crippen LogP contribution in [0.25, 0.3) is 0 Å². The fraction of sp³-hybridized carbons (Fsp3) is 0.174. The molecule has 0 bridgehead atoms. The van der Waals surface area contributed by atoms with Crippen LogP contribution >= 0.6 is 0 Å². The molecule has 0 spiro atoms. The van der Waals surface area contributed by atoms with Crippen LogP contribution in [0.3, 0.4) is 0 Å². The van der Waals surface area contributed by atoms with Crippen molar-refractivity contribution in [3.8, 4) is 5.75 Å². The van der Waals surface area contributed by atoms with E-state index < -0.39 is 21.9 Å². The summed E-state index contributed by atoms with van der Waals surface area (Å²) in [6.07, 6.45) is 0.556. The van der Waals surface area contributed by atoms with Crippen molar-refractivity contribution in [2.24, 2.45) is 0 Å². The number of methoxy groups -OCH3 is 1. The van der Waals surface area contributed by atoms with Gasteiger partial charge < -0.3 is 4.74 Å². The number of carbonyl (C=O) groups is 1. The van der Waals surface area contributed by atoms with Gasteiger partial charge in [0.15, 0.2) is 11.6 Å². The molecule has 0 fully saturated rings. The third-order valence-corrected chi connectivity index (χ3v) is 6.96. The van der Waals surface area contributed by atoms with Gasteiger partial charge in [0.1, 0.15) is 4.90 Å². The van der Waals surface area contributed by atoms with E-state index in [0.717, 1.165) is 9.87 Å². The third kappa shape index (κ3) is 3.53. The van der Waals surface area contributed by atoms with Crippen LogP contribution < -0.4 is 13.9 Å². The van der Waals surface area contributed by atoms with E-state index in [9.17, 15) is 17.6 Å². The topological polar surface area (TPSA) is 66.9 Å². The number of amides is 2. The maximum atomic E-state index is 14.2. The van der Waals surface area contributed by atoms with Crippen molar-refractivity contribution >= 4 is 27.4 Å². The summed E-state index contributed by atoms with van der Waals surface area (Å²) in [6.45, 7) is 1.89. The predicted octanol–water partition coefficient (Wildman–Crippen LogP) is 4.73. The van der Waals surface area contributed by atoms with Crippen molar-refractivity contribution in [1.29, 1.82) is 0 Å². The third-order valence-electron chi connectivity index (χ3n) is 5.23. The van der Waals surface area contributed by atoms with Gasteiger partial charge in [-0.15, -0.1) is 0 Å². The number of carbonyl (C=O) groups excluding carboxylic acids is 1. The molecule has 0 unspecified atom stereocenters. The van der Waals surface area contributed by atoms with Gasteiger partial charge in [0, 0.05) is 0 Å². The molecule has 0 aliphatic carbocycles. The monoisotopic (exact) mass is 440 g/mol. The molecular weight excluding hydrogens is 419 g/mol. The Balaban J connectivity index is 1.86. The molecule has 0 atom stereocenters. The second kappa shape index (κ2) is 8.03. The van der Waals surface area contributed by atoms with Crippen LogP contribution in [0.4, 0.5) is 20.6 Å². The lowest BCUT2D eigenvalue weighted by Crippen LogP contribution is -2.51. The SMILES string of the molecule is CCc1ccccc1N1C(=O)N(Cc2ccc(OC)c(F)c2)c2ccccc2S1(=O)=O. The first-order chi connectivity index (χ1) is 14.9. The number of sulfonamides is 1. The fourth-order valence-electron chi connectivity index (χ4n) is 3.70. The number of benzene rings is 3. The molecule has 3 aromatic rings. The molecule has 4 rings (SSSR count). The van der Waals surface area contributed by atoms with Crippen molar-refractivity contribution in [3.05, 3.63) is 83.7 Å². The number of nitrogens with zero attached hydrogens (tertiary/aromatic N) is 2. The van der Waals surface area contributed by atoms with Crippen LogP contribution in [0.2, 0.25) is 0 Å². The van der Waals surface area contributed by atoms with Crippen molar-refractivity contribution in [2.45, 2.75) is 24.8 Å². The number of hydrogen-bond acceptors (Lipinski definition) is 4. The largest absolute Gasteiger partial charge is 0.494 e. The smallest absolute Gasteiger partial charge is 0.343 e. The Kier molecular flexibility index (Phi) is 5.41. The van der Waals surface area contributed by atoms with Crippen molar-refractivity contribution in [3.63, 3.8) is 0 Å². The number of halogens is 1. The Morgan fingerprint density at radius 2 is 1.65 bits per heavy atom. The van der Waals surface area contributed by atoms with Gasteiger partial charge in [-0.1, -0.05) is 43.3 Å². The number of urea groups is 1. The highest BCUT2D eigenvalue weighted by atomic mass is 32.2. The van der Waals surface area contributed by atoms with E-state index in [1.54, 1.807) is 48.5 Å². The molecule has 0 N–H and O–H groups in total. The van der Waals surface area contributed by atoms with Gasteiger partial charge >= 0.3 is 6.03 Å². The number of ether oxygens (including phenoxy) is 1. The summed E-state index contributed by atoms with van der Waals surface area (Å²) in [5.74, 6) is -0.464. The number of rotatable bonds is 5. The lowest BCUT2D eigenvalue weighted by Gasteiger charge is -2.37. The zero-order chi connectivity index (χ0) is 22.2. The van der Waals surface area contributed by atoms with E-state index in [1.165, 1.54) is 30.2 Å². The minimum Gasteiger partial charge on any atom is -0.494 e. The molecule has 1 heterocycles. The Hall–Kier alpha value is -3.39. The molecule has 31 heavy (non-hydrogen) atoms. The quantitative estimate of drug-likeness (QED) is 0.575. The molecule has 6 nitrogen and oxygen atoms in total. The number of anilines is 2. The van der Waals surface area contributed by atoms with Crippen LogP contribution in [0.1, 0.15) is 18.1 Å². The van der Waals surface area contributed by atoms with E-state index in [-0.39, 0.29) is 22.9 Å². The van der Waals surface area contributed by atoms with Gasteiger partial charge in [-0.25, -0.2) is 17.6 Å². The molecule has 1 aliphatic heterocycles.